The molecule has 0 spiro atoms. The Hall–Kier alpha value is -1.84. The Kier molecular flexibility index (Phi) is 7.96. The fourth-order valence-electron chi connectivity index (χ4n) is 1.56. The zero-order chi connectivity index (χ0) is 18.2. The fourth-order valence-corrected chi connectivity index (χ4v) is 1.56. The summed E-state index contributed by atoms with van der Waals surface area (Å²) in [5.41, 5.74) is 2.41. The lowest BCUT2D eigenvalue weighted by atomic mass is 10.3. The topological polar surface area (TPSA) is 90.0 Å². The molecule has 0 aliphatic heterocycles. The first-order chi connectivity index (χ1) is 11.3. The molecule has 0 saturated carbocycles. The van der Waals surface area contributed by atoms with E-state index in [0.717, 1.165) is 11.4 Å². The molecule has 2 aromatic rings. The second-order valence-corrected chi connectivity index (χ2v) is 8.63. The fraction of sp³-hybridized carbons (Fsp3) is 0.214. The van der Waals surface area contributed by atoms with Crippen LogP contribution >= 0.6 is 28.6 Å². The van der Waals surface area contributed by atoms with Crippen LogP contribution in [0.5, 0.6) is 5.88 Å². The van der Waals surface area contributed by atoms with Gasteiger partial charge in [0, 0.05) is 19.4 Å². The van der Waals surface area contributed by atoms with Gasteiger partial charge >= 0.3 is 6.07 Å². The molecule has 2 rings (SSSR count). The molecular weight excluding hydrogens is 374 g/mol. The van der Waals surface area contributed by atoms with E-state index in [1.54, 1.807) is 19.5 Å². The van der Waals surface area contributed by atoms with Crippen molar-refractivity contribution in [2.24, 2.45) is 0 Å². The smallest absolute Gasteiger partial charge is 0.379 e. The highest BCUT2D eigenvalue weighted by Crippen LogP contribution is 2.56. The molecule has 0 aromatic carbocycles. The molecule has 0 amide bonds. The van der Waals surface area contributed by atoms with Crippen molar-refractivity contribution in [3.05, 3.63) is 42.1 Å². The molecule has 7 nitrogen and oxygen atoms in total. The Balaban J connectivity index is 0.000000413. The molecular formula is C14H15Cl2N4O3P. The number of aryl methyl sites for hydroxylation is 1. The summed E-state index contributed by atoms with van der Waals surface area (Å²) >= 11 is 9.63. The Bertz CT molecular complexity index is 796. The van der Waals surface area contributed by atoms with Gasteiger partial charge in [-0.25, -0.2) is 9.97 Å². The second kappa shape index (κ2) is 9.45. The third-order valence-electron chi connectivity index (χ3n) is 2.59. The molecule has 0 unspecified atom stereocenters. The first kappa shape index (κ1) is 20.2. The highest BCUT2D eigenvalue weighted by atomic mass is 35.9. The molecule has 0 N–H and O–H groups in total. The Labute approximate surface area is 149 Å². The Morgan fingerprint density at radius 3 is 2.50 bits per heavy atom. The zero-order valence-corrected chi connectivity index (χ0v) is 15.6. The minimum atomic E-state index is -3.20. The van der Waals surface area contributed by atoms with Crippen molar-refractivity contribution in [2.45, 2.75) is 6.92 Å². The van der Waals surface area contributed by atoms with E-state index in [2.05, 4.69) is 14.5 Å². The number of methoxy groups -OCH3 is 1. The molecule has 0 aliphatic rings. The largest absolute Gasteiger partial charge is 0.479 e. The van der Waals surface area contributed by atoms with Crippen molar-refractivity contribution in [1.82, 2.24) is 14.5 Å². The van der Waals surface area contributed by atoms with Crippen molar-refractivity contribution in [3.63, 3.8) is 0 Å². The predicted molar refractivity (Wildman–Crippen MR) is 93.6 cm³/mol. The maximum Gasteiger partial charge on any atom is 0.379 e. The third-order valence-corrected chi connectivity index (χ3v) is 3.84. The summed E-state index contributed by atoms with van der Waals surface area (Å²) in [6.07, 6.45) is 3.41. The van der Waals surface area contributed by atoms with Crippen LogP contribution in [-0.2, 0) is 9.09 Å². The van der Waals surface area contributed by atoms with E-state index in [9.17, 15) is 4.57 Å². The maximum absolute atomic E-state index is 9.89. The molecule has 2 aromatic heterocycles. The van der Waals surface area contributed by atoms with E-state index in [1.807, 2.05) is 35.9 Å². The summed E-state index contributed by atoms with van der Waals surface area (Å²) in [6, 6.07) is 5.63. The van der Waals surface area contributed by atoms with Crippen LogP contribution < -0.4 is 4.74 Å². The number of ether oxygens (including phenoxy) is 1. The summed E-state index contributed by atoms with van der Waals surface area (Å²) < 4.78 is 21.0. The SMILES string of the molecule is COP(=O)(Cl)Cl.COc1nc(/C=C/C#N)ccc1-n1cnc(C)c1. The van der Waals surface area contributed by atoms with Gasteiger partial charge in [-0.05, 0) is 47.6 Å². The number of nitrogens with zero attached hydrogens (tertiary/aromatic N) is 4. The van der Waals surface area contributed by atoms with Gasteiger partial charge in [0.2, 0.25) is 5.88 Å². The van der Waals surface area contributed by atoms with Gasteiger partial charge in [-0.1, -0.05) is 0 Å². The lowest BCUT2D eigenvalue weighted by Crippen LogP contribution is -1.99. The minimum absolute atomic E-state index is 0.493. The summed E-state index contributed by atoms with van der Waals surface area (Å²) in [5.74, 6) is 0.493. The zero-order valence-electron chi connectivity index (χ0n) is 13.2. The van der Waals surface area contributed by atoms with Crippen molar-refractivity contribution in [1.29, 1.82) is 5.26 Å². The van der Waals surface area contributed by atoms with E-state index in [4.69, 9.17) is 32.5 Å². The predicted octanol–water partition coefficient (Wildman–Crippen LogP) is 4.34. The molecule has 0 atom stereocenters. The van der Waals surface area contributed by atoms with E-state index in [0.29, 0.717) is 11.6 Å². The average molecular weight is 389 g/mol. The van der Waals surface area contributed by atoms with E-state index in [-0.39, 0.29) is 0 Å². The van der Waals surface area contributed by atoms with Gasteiger partial charge in [0.05, 0.1) is 30.9 Å². The third kappa shape index (κ3) is 6.73. The summed E-state index contributed by atoms with van der Waals surface area (Å²) in [6.45, 7) is 1.92. The van der Waals surface area contributed by atoms with Gasteiger partial charge in [-0.2, -0.15) is 5.26 Å². The maximum atomic E-state index is 9.89. The normalized spacial score (nSPS) is 10.8. The molecule has 0 saturated heterocycles. The van der Waals surface area contributed by atoms with Gasteiger partial charge in [-0.15, -0.1) is 0 Å². The van der Waals surface area contributed by atoms with Crippen LogP contribution in [0.1, 0.15) is 11.4 Å². The van der Waals surface area contributed by atoms with Gasteiger partial charge in [0.1, 0.15) is 5.69 Å². The molecule has 128 valence electrons. The van der Waals surface area contributed by atoms with Crippen LogP contribution in [0.4, 0.5) is 0 Å². The number of rotatable bonds is 4. The number of hydrogen-bond donors (Lipinski definition) is 0. The molecule has 0 fully saturated rings. The molecule has 0 radical (unpaired) electrons. The number of hydrogen-bond acceptors (Lipinski definition) is 6. The van der Waals surface area contributed by atoms with Crippen LogP contribution in [0.15, 0.2) is 30.7 Å². The number of imidazole rings is 1. The van der Waals surface area contributed by atoms with Crippen LogP contribution in [-0.4, -0.2) is 28.8 Å². The standard InChI is InChI=1S/C13H12N4O.CH3Cl2O2P/c1-10-8-17(9-15-10)12-6-5-11(4-3-7-14)16-13(12)18-2;1-5-6(2,3)4/h3-6,8-9H,1-2H3;1H3/b4-3+;. The lowest BCUT2D eigenvalue weighted by molar-refractivity contribution is 0.395. The molecule has 2 heterocycles. The summed E-state index contributed by atoms with van der Waals surface area (Å²) in [4.78, 5) is 8.47. The summed E-state index contributed by atoms with van der Waals surface area (Å²) in [5, 5.41) is 8.48. The van der Waals surface area contributed by atoms with Crippen molar-refractivity contribution in [2.75, 3.05) is 14.2 Å². The number of allylic oxidation sites excluding steroid dienone is 1. The second-order valence-electron chi connectivity index (χ2n) is 4.25. The lowest BCUT2D eigenvalue weighted by Gasteiger charge is -2.08. The number of halogens is 2. The minimum Gasteiger partial charge on any atom is -0.479 e. The molecule has 0 aliphatic carbocycles. The van der Waals surface area contributed by atoms with Crippen molar-refractivity contribution in [3.8, 4) is 17.6 Å². The first-order valence-corrected chi connectivity index (χ1v) is 9.91. The highest BCUT2D eigenvalue weighted by molar-refractivity contribution is 8.05. The number of aromatic nitrogens is 3. The highest BCUT2D eigenvalue weighted by Gasteiger charge is 2.09. The quantitative estimate of drug-likeness (QED) is 0.571. The molecule has 10 heteroatoms. The van der Waals surface area contributed by atoms with Crippen LogP contribution in [0, 0.1) is 18.3 Å². The monoisotopic (exact) mass is 388 g/mol. The van der Waals surface area contributed by atoms with Gasteiger partial charge in [0.25, 0.3) is 0 Å². The van der Waals surface area contributed by atoms with Crippen molar-refractivity contribution >= 4 is 34.6 Å². The van der Waals surface area contributed by atoms with Gasteiger partial charge in [-0.3, -0.25) is 4.57 Å². The van der Waals surface area contributed by atoms with Crippen molar-refractivity contribution < 1.29 is 13.8 Å². The van der Waals surface area contributed by atoms with Crippen LogP contribution in [0.3, 0.4) is 0 Å². The molecule has 24 heavy (non-hydrogen) atoms. The number of pyridine rings is 1. The first-order valence-electron chi connectivity index (χ1n) is 6.48. The van der Waals surface area contributed by atoms with E-state index in [1.165, 1.54) is 13.2 Å². The summed E-state index contributed by atoms with van der Waals surface area (Å²) in [7, 11) is 2.74. The van der Waals surface area contributed by atoms with Crippen LogP contribution in [0.2, 0.25) is 0 Å². The van der Waals surface area contributed by atoms with Crippen LogP contribution in [0.25, 0.3) is 11.8 Å². The number of nitriles is 1. The Morgan fingerprint density at radius 1 is 1.38 bits per heavy atom. The van der Waals surface area contributed by atoms with E-state index < -0.39 is 6.07 Å². The average Bonchev–Trinajstić information content (AvgIpc) is 2.98. The van der Waals surface area contributed by atoms with Gasteiger partial charge in [0.15, 0.2) is 0 Å². The Morgan fingerprint density at radius 2 is 2.04 bits per heavy atom. The van der Waals surface area contributed by atoms with Gasteiger partial charge < -0.3 is 13.8 Å². The molecule has 0 bridgehead atoms. The van der Waals surface area contributed by atoms with E-state index >= 15 is 0 Å².